The Bertz CT molecular complexity index is 116. The second kappa shape index (κ2) is 2.62. The standard InChI is InChI=1S/C6H11NO/c1-4(2)6(7)5(3)8/h5,7-8H,1H2,2-3H3. The predicted octanol–water partition coefficient (Wildman–Crippen LogP) is 0.963. The smallest absolute Gasteiger partial charge is 0.0927 e. The Labute approximate surface area is 49.4 Å². The summed E-state index contributed by atoms with van der Waals surface area (Å²) in [5.74, 6) is 0. The molecule has 0 saturated heterocycles. The summed E-state index contributed by atoms with van der Waals surface area (Å²) in [6.07, 6.45) is -0.674. The van der Waals surface area contributed by atoms with Crippen LogP contribution in [0.25, 0.3) is 0 Å². The average molecular weight is 113 g/mol. The summed E-state index contributed by atoms with van der Waals surface area (Å²) in [6, 6.07) is 0. The molecule has 0 aliphatic carbocycles. The highest BCUT2D eigenvalue weighted by Gasteiger charge is 2.02. The van der Waals surface area contributed by atoms with E-state index in [0.717, 1.165) is 0 Å². The molecule has 0 heterocycles. The first-order valence-corrected chi connectivity index (χ1v) is 2.48. The zero-order chi connectivity index (χ0) is 6.73. The number of nitrogens with one attached hydrogen (secondary N) is 1. The van der Waals surface area contributed by atoms with Gasteiger partial charge in [0.05, 0.1) is 11.8 Å². The van der Waals surface area contributed by atoms with Crippen molar-refractivity contribution in [2.24, 2.45) is 0 Å². The molecule has 0 aromatic rings. The summed E-state index contributed by atoms with van der Waals surface area (Å²) < 4.78 is 0. The van der Waals surface area contributed by atoms with Gasteiger partial charge in [0.25, 0.3) is 0 Å². The van der Waals surface area contributed by atoms with Crippen LogP contribution in [0.2, 0.25) is 0 Å². The predicted molar refractivity (Wildman–Crippen MR) is 34.2 cm³/mol. The average Bonchev–Trinajstić information content (AvgIpc) is 1.64. The molecule has 8 heavy (non-hydrogen) atoms. The maximum Gasteiger partial charge on any atom is 0.0927 e. The van der Waals surface area contributed by atoms with E-state index in [1.165, 1.54) is 0 Å². The Morgan fingerprint density at radius 3 is 2.12 bits per heavy atom. The van der Waals surface area contributed by atoms with Crippen LogP contribution in [0.5, 0.6) is 0 Å². The number of rotatable bonds is 2. The fraction of sp³-hybridized carbons (Fsp3) is 0.500. The Morgan fingerprint density at radius 2 is 2.12 bits per heavy atom. The molecule has 0 saturated carbocycles. The molecule has 0 spiro atoms. The van der Waals surface area contributed by atoms with Gasteiger partial charge in [0.2, 0.25) is 0 Å². The quantitative estimate of drug-likeness (QED) is 0.515. The van der Waals surface area contributed by atoms with E-state index in [4.69, 9.17) is 10.5 Å². The van der Waals surface area contributed by atoms with Gasteiger partial charge >= 0.3 is 0 Å². The molecule has 0 radical (unpaired) electrons. The largest absolute Gasteiger partial charge is 0.387 e. The van der Waals surface area contributed by atoms with Crippen LogP contribution in [-0.4, -0.2) is 16.9 Å². The fourth-order valence-corrected chi connectivity index (χ4v) is 0.357. The molecule has 2 nitrogen and oxygen atoms in total. The lowest BCUT2D eigenvalue weighted by molar-refractivity contribution is 0.261. The van der Waals surface area contributed by atoms with Gasteiger partial charge in [-0.25, -0.2) is 0 Å². The molecule has 46 valence electrons. The van der Waals surface area contributed by atoms with E-state index in [-0.39, 0.29) is 5.71 Å². The lowest BCUT2D eigenvalue weighted by atomic mass is 10.1. The maximum absolute atomic E-state index is 8.71. The molecule has 1 atom stereocenters. The van der Waals surface area contributed by atoms with E-state index in [0.29, 0.717) is 5.57 Å². The third-order valence-electron chi connectivity index (χ3n) is 0.878. The van der Waals surface area contributed by atoms with E-state index < -0.39 is 6.10 Å². The van der Waals surface area contributed by atoms with Crippen molar-refractivity contribution in [2.75, 3.05) is 0 Å². The van der Waals surface area contributed by atoms with Gasteiger partial charge in [0, 0.05) is 0 Å². The minimum atomic E-state index is -0.674. The van der Waals surface area contributed by atoms with Gasteiger partial charge in [-0.2, -0.15) is 0 Å². The summed E-state index contributed by atoms with van der Waals surface area (Å²) in [5.41, 5.74) is 0.838. The van der Waals surface area contributed by atoms with Crippen molar-refractivity contribution in [1.82, 2.24) is 0 Å². The maximum atomic E-state index is 8.71. The summed E-state index contributed by atoms with van der Waals surface area (Å²) in [5, 5.41) is 15.8. The van der Waals surface area contributed by atoms with Crippen LogP contribution in [0.15, 0.2) is 12.2 Å². The van der Waals surface area contributed by atoms with Crippen molar-refractivity contribution in [3.05, 3.63) is 12.2 Å². The topological polar surface area (TPSA) is 44.1 Å². The highest BCUT2D eigenvalue weighted by Crippen LogP contribution is 1.94. The molecule has 0 rings (SSSR count). The highest BCUT2D eigenvalue weighted by molar-refractivity contribution is 5.99. The number of hydrogen-bond donors (Lipinski definition) is 2. The zero-order valence-corrected chi connectivity index (χ0v) is 5.23. The molecule has 0 bridgehead atoms. The van der Waals surface area contributed by atoms with Crippen molar-refractivity contribution in [2.45, 2.75) is 20.0 Å². The molecule has 0 aromatic carbocycles. The van der Waals surface area contributed by atoms with Gasteiger partial charge < -0.3 is 10.5 Å². The molecule has 0 aromatic heterocycles. The number of aliphatic hydroxyl groups is 1. The van der Waals surface area contributed by atoms with Gasteiger partial charge in [0.15, 0.2) is 0 Å². The second-order valence-electron chi connectivity index (χ2n) is 1.87. The van der Waals surface area contributed by atoms with Crippen molar-refractivity contribution >= 4 is 5.71 Å². The van der Waals surface area contributed by atoms with Gasteiger partial charge in [-0.3, -0.25) is 0 Å². The Kier molecular flexibility index (Phi) is 2.42. The van der Waals surface area contributed by atoms with Gasteiger partial charge in [-0.05, 0) is 19.4 Å². The van der Waals surface area contributed by atoms with Crippen molar-refractivity contribution in [3.63, 3.8) is 0 Å². The van der Waals surface area contributed by atoms with E-state index in [2.05, 4.69) is 6.58 Å². The first-order valence-electron chi connectivity index (χ1n) is 2.48. The lowest BCUT2D eigenvalue weighted by Crippen LogP contribution is -2.14. The van der Waals surface area contributed by atoms with Crippen LogP contribution in [0.3, 0.4) is 0 Å². The van der Waals surface area contributed by atoms with Crippen molar-refractivity contribution < 1.29 is 5.11 Å². The first kappa shape index (κ1) is 7.37. The van der Waals surface area contributed by atoms with Crippen LogP contribution in [0, 0.1) is 5.41 Å². The molecule has 2 N–H and O–H groups in total. The van der Waals surface area contributed by atoms with E-state index in [1.807, 2.05) is 0 Å². The molecular weight excluding hydrogens is 102 g/mol. The first-order chi connectivity index (χ1) is 3.55. The third kappa shape index (κ3) is 1.89. The van der Waals surface area contributed by atoms with E-state index in [9.17, 15) is 0 Å². The summed E-state index contributed by atoms with van der Waals surface area (Å²) >= 11 is 0. The van der Waals surface area contributed by atoms with Crippen LogP contribution in [0.1, 0.15) is 13.8 Å². The van der Waals surface area contributed by atoms with Crippen LogP contribution >= 0.6 is 0 Å². The summed E-state index contributed by atoms with van der Waals surface area (Å²) in [6.45, 7) is 6.75. The van der Waals surface area contributed by atoms with E-state index in [1.54, 1.807) is 13.8 Å². The molecule has 0 aliphatic rings. The molecule has 0 fully saturated rings. The number of aliphatic hydroxyl groups excluding tert-OH is 1. The van der Waals surface area contributed by atoms with Crippen LogP contribution < -0.4 is 0 Å². The SMILES string of the molecule is C=C(C)C(=N)C(C)O. The minimum Gasteiger partial charge on any atom is -0.387 e. The van der Waals surface area contributed by atoms with Gasteiger partial charge in [0.1, 0.15) is 0 Å². The van der Waals surface area contributed by atoms with Crippen molar-refractivity contribution in [1.29, 1.82) is 5.41 Å². The third-order valence-corrected chi connectivity index (χ3v) is 0.878. The lowest BCUT2D eigenvalue weighted by Gasteiger charge is -2.03. The Hall–Kier alpha value is -0.630. The minimum absolute atomic E-state index is 0.213. The normalized spacial score (nSPS) is 12.9. The van der Waals surface area contributed by atoms with Crippen LogP contribution in [0.4, 0.5) is 0 Å². The van der Waals surface area contributed by atoms with E-state index >= 15 is 0 Å². The number of hydrogen-bond acceptors (Lipinski definition) is 2. The molecule has 1 unspecified atom stereocenters. The van der Waals surface area contributed by atoms with Gasteiger partial charge in [-0.1, -0.05) is 6.58 Å². The van der Waals surface area contributed by atoms with Crippen molar-refractivity contribution in [3.8, 4) is 0 Å². The second-order valence-corrected chi connectivity index (χ2v) is 1.87. The highest BCUT2D eigenvalue weighted by atomic mass is 16.3. The fourth-order valence-electron chi connectivity index (χ4n) is 0.357. The Balaban J connectivity index is 3.84. The molecule has 0 aliphatic heterocycles. The zero-order valence-electron chi connectivity index (χ0n) is 5.23. The molecule has 0 amide bonds. The Morgan fingerprint density at radius 1 is 1.75 bits per heavy atom. The molecular formula is C6H11NO. The molecule has 2 heteroatoms. The summed E-state index contributed by atoms with van der Waals surface area (Å²) in [7, 11) is 0. The van der Waals surface area contributed by atoms with Crippen LogP contribution in [-0.2, 0) is 0 Å². The summed E-state index contributed by atoms with van der Waals surface area (Å²) in [4.78, 5) is 0. The monoisotopic (exact) mass is 113 g/mol. The van der Waals surface area contributed by atoms with Gasteiger partial charge in [-0.15, -0.1) is 0 Å².